The van der Waals surface area contributed by atoms with Gasteiger partial charge in [0.2, 0.25) is 11.8 Å². The lowest BCUT2D eigenvalue weighted by Gasteiger charge is -2.31. The molecule has 0 aromatic heterocycles. The Bertz CT molecular complexity index is 1470. The zero-order chi connectivity index (χ0) is 30.3. The molecule has 2 aromatic carbocycles. The predicted octanol–water partition coefficient (Wildman–Crippen LogP) is 4.23. The van der Waals surface area contributed by atoms with Gasteiger partial charge in [0, 0.05) is 23.7 Å². The summed E-state index contributed by atoms with van der Waals surface area (Å²) in [5, 5.41) is 16.7. The van der Waals surface area contributed by atoms with Gasteiger partial charge in [0.05, 0.1) is 22.7 Å². The maximum absolute atomic E-state index is 13.8. The Morgan fingerprint density at radius 1 is 1.17 bits per heavy atom. The summed E-state index contributed by atoms with van der Waals surface area (Å²) < 4.78 is 40.4. The lowest BCUT2D eigenvalue weighted by Crippen LogP contribution is -2.53. The summed E-state index contributed by atoms with van der Waals surface area (Å²) in [6, 6.07) is 9.37. The lowest BCUT2D eigenvalue weighted by atomic mass is 9.80. The summed E-state index contributed by atoms with van der Waals surface area (Å²) in [6.07, 6.45) is -4.80. The van der Waals surface area contributed by atoms with Crippen LogP contribution in [0.5, 0.6) is 0 Å². The smallest absolute Gasteiger partial charge is 0.336 e. The van der Waals surface area contributed by atoms with Crippen LogP contribution in [0.3, 0.4) is 0 Å². The van der Waals surface area contributed by atoms with E-state index in [9.17, 15) is 37.6 Å². The van der Waals surface area contributed by atoms with E-state index in [2.05, 4.69) is 16.7 Å². The number of likely N-dealkylation sites (tertiary alicyclic amines) is 1. The maximum Gasteiger partial charge on any atom is 0.418 e. The van der Waals surface area contributed by atoms with Crippen molar-refractivity contribution < 1.29 is 32.3 Å². The van der Waals surface area contributed by atoms with Crippen LogP contribution in [-0.2, 0) is 30.8 Å². The average molecular weight is 590 g/mol. The normalized spacial score (nSPS) is 20.7. The Kier molecular flexibility index (Phi) is 7.80. The van der Waals surface area contributed by atoms with E-state index in [1.165, 1.54) is 4.90 Å². The molecular formula is C28H27ClF3N5O4. The molecule has 1 saturated heterocycles. The Balaban J connectivity index is 1.58. The number of halogens is 4. The number of nitriles is 1. The Hall–Kier alpha value is -4.11. The standard InChI is InChI=1S/C28H27ClF3N5O4/c1-26(2,3)12-21(35-23(39)22(38)34-20-9-8-15(29)10-18(20)28(30,31)32)24(40)37-14-27(11-16(37)13-33)17-6-4-5-7-19(17)36-25(27)41/h4-10,16,21H,11-12,14H2,1-3H3,(H,34,38)(H,35,39)(H,36,41)/t16?,21-,27-/m0/s1. The van der Waals surface area contributed by atoms with Crippen molar-refractivity contribution in [3.05, 3.63) is 58.6 Å². The number of hydrogen-bond donors (Lipinski definition) is 3. The number of amides is 4. The van der Waals surface area contributed by atoms with Crippen molar-refractivity contribution in [2.24, 2.45) is 5.41 Å². The molecule has 0 radical (unpaired) electrons. The summed E-state index contributed by atoms with van der Waals surface area (Å²) in [6.45, 7) is 5.24. The van der Waals surface area contributed by atoms with Crippen molar-refractivity contribution in [3.8, 4) is 6.07 Å². The average Bonchev–Trinajstić information content (AvgIpc) is 3.40. The molecule has 2 aromatic rings. The predicted molar refractivity (Wildman–Crippen MR) is 144 cm³/mol. The first kappa shape index (κ1) is 29.9. The van der Waals surface area contributed by atoms with Gasteiger partial charge in [0.25, 0.3) is 0 Å². The van der Waals surface area contributed by atoms with Gasteiger partial charge in [-0.2, -0.15) is 18.4 Å². The van der Waals surface area contributed by atoms with E-state index in [4.69, 9.17) is 11.6 Å². The van der Waals surface area contributed by atoms with Gasteiger partial charge in [0.1, 0.15) is 12.1 Å². The molecule has 2 aliphatic heterocycles. The zero-order valence-electron chi connectivity index (χ0n) is 22.4. The number of nitrogens with one attached hydrogen (secondary N) is 3. The number of para-hydroxylation sites is 1. The highest BCUT2D eigenvalue weighted by Crippen LogP contribution is 2.46. The third-order valence-corrected chi connectivity index (χ3v) is 7.31. The molecule has 3 N–H and O–H groups in total. The monoisotopic (exact) mass is 589 g/mol. The van der Waals surface area contributed by atoms with Crippen molar-refractivity contribution in [1.29, 1.82) is 5.26 Å². The SMILES string of the molecule is CC(C)(C)C[C@H](NC(=O)C(=O)Nc1ccc(Cl)cc1C(F)(F)F)C(=O)N1C[C@]2(CC1C#N)C(=O)Nc1ccccc12. The van der Waals surface area contributed by atoms with Crippen molar-refractivity contribution in [2.45, 2.75) is 57.3 Å². The lowest BCUT2D eigenvalue weighted by molar-refractivity contribution is -0.141. The molecule has 9 nitrogen and oxygen atoms in total. The zero-order valence-corrected chi connectivity index (χ0v) is 23.1. The van der Waals surface area contributed by atoms with Crippen LogP contribution >= 0.6 is 11.6 Å². The van der Waals surface area contributed by atoms with Gasteiger partial charge in [-0.1, -0.05) is 50.6 Å². The van der Waals surface area contributed by atoms with Crippen LogP contribution in [0.2, 0.25) is 5.02 Å². The molecule has 13 heteroatoms. The fourth-order valence-corrected chi connectivity index (χ4v) is 5.43. The number of alkyl halides is 3. The molecule has 216 valence electrons. The molecular weight excluding hydrogens is 563 g/mol. The third-order valence-electron chi connectivity index (χ3n) is 7.08. The topological polar surface area (TPSA) is 131 Å². The van der Waals surface area contributed by atoms with Gasteiger partial charge in [-0.15, -0.1) is 0 Å². The quantitative estimate of drug-likeness (QED) is 0.459. The minimum absolute atomic E-state index is 0.0318. The van der Waals surface area contributed by atoms with E-state index in [0.29, 0.717) is 17.3 Å². The molecule has 2 heterocycles. The second-order valence-electron chi connectivity index (χ2n) is 11.3. The van der Waals surface area contributed by atoms with Gasteiger partial charge < -0.3 is 20.9 Å². The molecule has 0 bridgehead atoms. The summed E-state index contributed by atoms with van der Waals surface area (Å²) in [5.74, 6) is -3.82. The minimum atomic E-state index is -4.86. The number of benzene rings is 2. The van der Waals surface area contributed by atoms with Crippen molar-refractivity contribution in [2.75, 3.05) is 17.2 Å². The first-order chi connectivity index (χ1) is 19.1. The number of nitrogens with zero attached hydrogens (tertiary/aromatic N) is 2. The van der Waals surface area contributed by atoms with Crippen molar-refractivity contribution >= 4 is 46.6 Å². The first-order valence-corrected chi connectivity index (χ1v) is 13.0. The largest absolute Gasteiger partial charge is 0.418 e. The molecule has 3 atom stereocenters. The number of rotatable bonds is 4. The van der Waals surface area contributed by atoms with Crippen LogP contribution in [-0.4, -0.2) is 47.2 Å². The molecule has 1 spiro atoms. The van der Waals surface area contributed by atoms with E-state index in [1.807, 2.05) is 5.32 Å². The van der Waals surface area contributed by atoms with Gasteiger partial charge in [0.15, 0.2) is 0 Å². The van der Waals surface area contributed by atoms with Crippen LogP contribution in [0.1, 0.15) is 44.7 Å². The van der Waals surface area contributed by atoms with E-state index in [0.717, 1.165) is 12.1 Å². The molecule has 2 aliphatic rings. The highest BCUT2D eigenvalue weighted by molar-refractivity contribution is 6.40. The molecule has 0 aliphatic carbocycles. The van der Waals surface area contributed by atoms with E-state index in [1.54, 1.807) is 45.0 Å². The second kappa shape index (κ2) is 10.7. The van der Waals surface area contributed by atoms with Crippen LogP contribution in [0, 0.1) is 16.7 Å². The Labute approximate surface area is 239 Å². The van der Waals surface area contributed by atoms with Gasteiger partial charge in [-0.05, 0) is 41.7 Å². The summed E-state index contributed by atoms with van der Waals surface area (Å²) in [4.78, 5) is 53.7. The summed E-state index contributed by atoms with van der Waals surface area (Å²) in [5.41, 5.74) is -2.41. The van der Waals surface area contributed by atoms with Crippen LogP contribution in [0.15, 0.2) is 42.5 Å². The number of carbonyl (C=O) groups is 4. The maximum atomic E-state index is 13.8. The Morgan fingerprint density at radius 2 is 1.85 bits per heavy atom. The molecule has 1 fully saturated rings. The number of fused-ring (bicyclic) bond motifs is 2. The first-order valence-electron chi connectivity index (χ1n) is 12.7. The summed E-state index contributed by atoms with van der Waals surface area (Å²) >= 11 is 5.67. The molecule has 1 unspecified atom stereocenters. The van der Waals surface area contributed by atoms with Crippen molar-refractivity contribution in [3.63, 3.8) is 0 Å². The van der Waals surface area contributed by atoms with Crippen LogP contribution in [0.25, 0.3) is 0 Å². The third kappa shape index (κ3) is 6.00. The number of hydrogen-bond acceptors (Lipinski definition) is 5. The van der Waals surface area contributed by atoms with Gasteiger partial charge in [-0.25, -0.2) is 0 Å². The van der Waals surface area contributed by atoms with Gasteiger partial charge >= 0.3 is 18.0 Å². The highest BCUT2D eigenvalue weighted by Gasteiger charge is 2.56. The van der Waals surface area contributed by atoms with Crippen LogP contribution in [0.4, 0.5) is 24.5 Å². The Morgan fingerprint density at radius 3 is 2.49 bits per heavy atom. The molecule has 4 amide bonds. The fourth-order valence-electron chi connectivity index (χ4n) is 5.26. The highest BCUT2D eigenvalue weighted by atomic mass is 35.5. The minimum Gasteiger partial charge on any atom is -0.336 e. The van der Waals surface area contributed by atoms with E-state index >= 15 is 0 Å². The number of carbonyl (C=O) groups excluding carboxylic acids is 4. The van der Waals surface area contributed by atoms with Crippen molar-refractivity contribution in [1.82, 2.24) is 10.2 Å². The molecule has 0 saturated carbocycles. The molecule has 4 rings (SSSR count). The molecule has 41 heavy (non-hydrogen) atoms. The van der Waals surface area contributed by atoms with E-state index < -0.39 is 58.1 Å². The van der Waals surface area contributed by atoms with Gasteiger partial charge in [-0.3, -0.25) is 19.2 Å². The van der Waals surface area contributed by atoms with Crippen LogP contribution < -0.4 is 16.0 Å². The fraction of sp³-hybridized carbons (Fsp3) is 0.393. The summed E-state index contributed by atoms with van der Waals surface area (Å²) in [7, 11) is 0. The number of anilines is 2. The van der Waals surface area contributed by atoms with E-state index in [-0.39, 0.29) is 30.3 Å². The second-order valence-corrected chi connectivity index (χ2v) is 11.8.